The normalized spacial score (nSPS) is 23.2. The van der Waals surface area contributed by atoms with Crippen molar-refractivity contribution in [3.8, 4) is 5.75 Å². The molecule has 1 saturated carbocycles. The second kappa shape index (κ2) is 9.51. The van der Waals surface area contributed by atoms with E-state index in [1.54, 1.807) is 31.3 Å². The first-order valence-electron chi connectivity index (χ1n) is 11.6. The number of allylic oxidation sites excluding steroid dienone is 4. The Hall–Kier alpha value is -4.35. The lowest BCUT2D eigenvalue weighted by atomic mass is 10.1. The Kier molecular flexibility index (Phi) is 6.33. The monoisotopic (exact) mass is 530 g/mol. The summed E-state index contributed by atoms with van der Waals surface area (Å²) in [6.07, 6.45) is 0.703. The summed E-state index contributed by atoms with van der Waals surface area (Å²) in [6, 6.07) is 2.32. The number of carbonyl (C=O) groups is 2. The topological polar surface area (TPSA) is 102 Å². The van der Waals surface area contributed by atoms with Gasteiger partial charge in [-0.3, -0.25) is 4.79 Å². The van der Waals surface area contributed by atoms with Crippen LogP contribution in [0.15, 0.2) is 66.3 Å². The Morgan fingerprint density at radius 2 is 2.08 bits per heavy atom. The van der Waals surface area contributed by atoms with E-state index in [0.717, 1.165) is 11.6 Å². The van der Waals surface area contributed by atoms with E-state index in [-0.39, 0.29) is 23.6 Å². The minimum Gasteiger partial charge on any atom is -0.487 e. The van der Waals surface area contributed by atoms with E-state index in [0.29, 0.717) is 53.6 Å². The van der Waals surface area contributed by atoms with E-state index in [4.69, 9.17) is 9.47 Å². The number of halogens is 4. The first-order chi connectivity index (χ1) is 18.0. The number of ether oxygens (including phenoxy) is 2. The summed E-state index contributed by atoms with van der Waals surface area (Å²) in [7, 11) is 0. The van der Waals surface area contributed by atoms with Gasteiger partial charge in [-0.05, 0) is 55.3 Å². The molecule has 1 aromatic carbocycles. The number of carbonyl (C=O) groups excluding carboxylic acids is 2. The highest BCUT2D eigenvalue weighted by atomic mass is 19.4. The van der Waals surface area contributed by atoms with E-state index < -0.39 is 29.6 Å². The molecule has 2 aliphatic heterocycles. The fourth-order valence-corrected chi connectivity index (χ4v) is 4.45. The molecule has 3 heterocycles. The number of benzene rings is 1. The summed E-state index contributed by atoms with van der Waals surface area (Å²) >= 11 is 0. The van der Waals surface area contributed by atoms with Crippen LogP contribution in [0.4, 0.5) is 33.9 Å². The van der Waals surface area contributed by atoms with Crippen LogP contribution < -0.4 is 20.7 Å². The van der Waals surface area contributed by atoms with Crippen molar-refractivity contribution in [1.29, 1.82) is 0 Å². The van der Waals surface area contributed by atoms with Gasteiger partial charge in [-0.15, -0.1) is 0 Å². The average Bonchev–Trinajstić information content (AvgIpc) is 3.39. The van der Waals surface area contributed by atoms with Gasteiger partial charge in [0.25, 0.3) is 0 Å². The van der Waals surface area contributed by atoms with Crippen LogP contribution in [0, 0.1) is 11.7 Å². The number of rotatable bonds is 5. The molecule has 12 heteroatoms. The summed E-state index contributed by atoms with van der Waals surface area (Å²) in [5, 5.41) is 7.56. The summed E-state index contributed by atoms with van der Waals surface area (Å²) in [5.41, 5.74) is -0.0567. The smallest absolute Gasteiger partial charge is 0.416 e. The highest BCUT2D eigenvalue weighted by Crippen LogP contribution is 2.50. The van der Waals surface area contributed by atoms with Crippen LogP contribution in [-0.2, 0) is 22.1 Å². The van der Waals surface area contributed by atoms with Crippen molar-refractivity contribution in [2.45, 2.75) is 38.1 Å². The van der Waals surface area contributed by atoms with Gasteiger partial charge in [0.2, 0.25) is 5.91 Å². The molecule has 8 nitrogen and oxygen atoms in total. The van der Waals surface area contributed by atoms with Crippen molar-refractivity contribution in [3.63, 3.8) is 0 Å². The molecule has 1 saturated heterocycles. The Bertz CT molecular complexity index is 1400. The largest absolute Gasteiger partial charge is 0.487 e. The van der Waals surface area contributed by atoms with Crippen LogP contribution in [0.1, 0.15) is 24.5 Å². The SMILES string of the molecule is C=C1/C(=C\C=C(/C)Oc2ccnc3c2CCC(=O)N3)O[C@@H]2[C@@H](NC(=O)Nc3cc(F)cc(C(F)(F)F)c3)[C@H]12. The lowest BCUT2D eigenvalue weighted by Crippen LogP contribution is -2.34. The Morgan fingerprint density at radius 1 is 1.29 bits per heavy atom. The number of urea groups is 1. The minimum atomic E-state index is -4.75. The van der Waals surface area contributed by atoms with Crippen molar-refractivity contribution >= 4 is 23.4 Å². The van der Waals surface area contributed by atoms with Crippen molar-refractivity contribution in [3.05, 3.63) is 83.2 Å². The van der Waals surface area contributed by atoms with Crippen molar-refractivity contribution in [1.82, 2.24) is 10.3 Å². The number of fused-ring (bicyclic) bond motifs is 2. The molecule has 1 aliphatic carbocycles. The van der Waals surface area contributed by atoms with Crippen molar-refractivity contribution in [2.75, 3.05) is 10.6 Å². The maximum absolute atomic E-state index is 13.6. The first kappa shape index (κ1) is 25.3. The van der Waals surface area contributed by atoms with Crippen LogP contribution in [0.3, 0.4) is 0 Å². The van der Waals surface area contributed by atoms with Crippen LogP contribution in [0.5, 0.6) is 5.75 Å². The summed E-state index contributed by atoms with van der Waals surface area (Å²) in [5.74, 6) is 0.742. The lowest BCUT2D eigenvalue weighted by molar-refractivity contribution is -0.137. The molecular formula is C26H22F4N4O4. The first-order valence-corrected chi connectivity index (χ1v) is 11.6. The molecule has 0 radical (unpaired) electrons. The Balaban J connectivity index is 1.17. The predicted molar refractivity (Wildman–Crippen MR) is 129 cm³/mol. The highest BCUT2D eigenvalue weighted by molar-refractivity contribution is 5.93. The van der Waals surface area contributed by atoms with Crippen molar-refractivity contribution < 1.29 is 36.6 Å². The van der Waals surface area contributed by atoms with Crippen molar-refractivity contribution in [2.24, 2.45) is 5.92 Å². The molecule has 3 N–H and O–H groups in total. The van der Waals surface area contributed by atoms with Gasteiger partial charge in [-0.2, -0.15) is 13.2 Å². The number of amides is 3. The quantitative estimate of drug-likeness (QED) is 0.370. The fourth-order valence-electron chi connectivity index (χ4n) is 4.45. The van der Waals surface area contributed by atoms with Gasteiger partial charge in [0.05, 0.1) is 17.5 Å². The molecule has 38 heavy (non-hydrogen) atoms. The molecule has 0 unspecified atom stereocenters. The highest BCUT2D eigenvalue weighted by Gasteiger charge is 2.60. The molecule has 3 atom stereocenters. The number of alkyl halides is 3. The second-order valence-corrected chi connectivity index (χ2v) is 9.08. The zero-order valence-corrected chi connectivity index (χ0v) is 20.0. The average molecular weight is 530 g/mol. The number of nitrogens with one attached hydrogen (secondary N) is 3. The summed E-state index contributed by atoms with van der Waals surface area (Å²) in [4.78, 5) is 28.0. The second-order valence-electron chi connectivity index (χ2n) is 9.08. The molecule has 1 aromatic heterocycles. The van der Waals surface area contributed by atoms with Crippen LogP contribution in [-0.4, -0.2) is 29.1 Å². The third-order valence-corrected chi connectivity index (χ3v) is 6.33. The van der Waals surface area contributed by atoms with E-state index in [2.05, 4.69) is 27.5 Å². The molecule has 5 rings (SSSR count). The molecule has 2 aromatic rings. The molecule has 2 fully saturated rings. The molecule has 3 aliphatic rings. The number of aromatic nitrogens is 1. The zero-order valence-electron chi connectivity index (χ0n) is 20.0. The molecular weight excluding hydrogens is 508 g/mol. The Labute approximate surface area is 214 Å². The molecule has 0 spiro atoms. The number of hydrogen-bond donors (Lipinski definition) is 3. The van der Waals surface area contributed by atoms with Crippen LogP contribution in [0.25, 0.3) is 0 Å². The number of nitrogens with zero attached hydrogens (tertiary/aromatic N) is 1. The van der Waals surface area contributed by atoms with Gasteiger partial charge >= 0.3 is 12.2 Å². The number of pyridine rings is 1. The van der Waals surface area contributed by atoms with E-state index in [9.17, 15) is 27.2 Å². The Morgan fingerprint density at radius 3 is 2.79 bits per heavy atom. The standard InChI is InChI=1S/C26H22F4N4O4/c1-12(37-19-7-8-31-24-17(19)4-6-20(35)33-24)3-5-18-13(2)21-22(23(21)38-18)34-25(36)32-16-10-14(26(28,29)30)9-15(27)11-16/h3,5,7-11,21-23H,2,4,6H2,1H3,(H,31,33,35)(H2,32,34,36)/b12-3+,18-5+/t21-,22-,23-/m0/s1. The fraction of sp³-hybridized carbons (Fsp3) is 0.269. The van der Waals surface area contributed by atoms with E-state index >= 15 is 0 Å². The van der Waals surface area contributed by atoms with Gasteiger partial charge < -0.3 is 25.4 Å². The predicted octanol–water partition coefficient (Wildman–Crippen LogP) is 5.07. The minimum absolute atomic E-state index is 0.0931. The van der Waals surface area contributed by atoms with Crippen LogP contribution in [0.2, 0.25) is 0 Å². The van der Waals surface area contributed by atoms with Crippen LogP contribution >= 0.6 is 0 Å². The van der Waals surface area contributed by atoms with Gasteiger partial charge in [-0.25, -0.2) is 14.2 Å². The molecule has 3 amide bonds. The van der Waals surface area contributed by atoms with Gasteiger partial charge in [0, 0.05) is 23.9 Å². The maximum atomic E-state index is 13.6. The lowest BCUT2D eigenvalue weighted by Gasteiger charge is -2.18. The molecule has 198 valence electrons. The van der Waals surface area contributed by atoms with E-state index in [1.165, 1.54) is 0 Å². The maximum Gasteiger partial charge on any atom is 0.416 e. The third kappa shape index (κ3) is 5.20. The zero-order chi connectivity index (χ0) is 27.2. The molecule has 0 bridgehead atoms. The van der Waals surface area contributed by atoms with Gasteiger partial charge in [0.1, 0.15) is 35.0 Å². The van der Waals surface area contributed by atoms with E-state index in [1.807, 2.05) is 0 Å². The van der Waals surface area contributed by atoms with Gasteiger partial charge in [-0.1, -0.05) is 6.58 Å². The third-order valence-electron chi connectivity index (χ3n) is 6.33. The van der Waals surface area contributed by atoms with Gasteiger partial charge in [0.15, 0.2) is 0 Å². The number of anilines is 2. The summed E-state index contributed by atoms with van der Waals surface area (Å²) < 4.78 is 64.0. The summed E-state index contributed by atoms with van der Waals surface area (Å²) in [6.45, 7) is 5.78. The number of hydrogen-bond acceptors (Lipinski definition) is 5.